The van der Waals surface area contributed by atoms with Gasteiger partial charge in [-0.05, 0) is 73.7 Å². The Bertz CT molecular complexity index is 742. The fraction of sp³-hybridized carbons (Fsp3) is 0.381. The van der Waals surface area contributed by atoms with Gasteiger partial charge in [0.15, 0.2) is 0 Å². The highest BCUT2D eigenvalue weighted by atomic mass is 79.9. The van der Waals surface area contributed by atoms with Crippen molar-refractivity contribution in [2.24, 2.45) is 5.92 Å². The molecule has 4 heteroatoms. The highest BCUT2D eigenvalue weighted by molar-refractivity contribution is 9.10. The molecule has 0 aliphatic carbocycles. The smallest absolute Gasteiger partial charge is 0.255 e. The van der Waals surface area contributed by atoms with Crippen molar-refractivity contribution in [3.63, 3.8) is 0 Å². The van der Waals surface area contributed by atoms with Gasteiger partial charge in [-0.1, -0.05) is 35.0 Å². The zero-order valence-electron chi connectivity index (χ0n) is 14.9. The first-order valence-electron chi connectivity index (χ1n) is 8.90. The van der Waals surface area contributed by atoms with Crippen LogP contribution in [0.2, 0.25) is 0 Å². The average molecular weight is 401 g/mol. The van der Waals surface area contributed by atoms with Crippen LogP contribution in [-0.4, -0.2) is 23.9 Å². The molecule has 25 heavy (non-hydrogen) atoms. The molecule has 1 aliphatic rings. The van der Waals surface area contributed by atoms with E-state index in [1.54, 1.807) is 0 Å². The SMILES string of the molecule is Cc1cc(NC(=O)c2ccc(CN3CCCC(C)C3)cc2)ccc1Br. The average Bonchev–Trinajstić information content (AvgIpc) is 2.59. The minimum absolute atomic E-state index is 0.0696. The van der Waals surface area contributed by atoms with Gasteiger partial charge >= 0.3 is 0 Å². The lowest BCUT2D eigenvalue weighted by Gasteiger charge is -2.30. The number of carbonyl (C=O) groups excluding carboxylic acids is 1. The minimum Gasteiger partial charge on any atom is -0.322 e. The Hall–Kier alpha value is -1.65. The van der Waals surface area contributed by atoms with Gasteiger partial charge in [0, 0.05) is 28.8 Å². The molecule has 0 aromatic heterocycles. The van der Waals surface area contributed by atoms with Crippen molar-refractivity contribution < 1.29 is 4.79 Å². The fourth-order valence-corrected chi connectivity index (χ4v) is 3.62. The van der Waals surface area contributed by atoms with Gasteiger partial charge in [-0.15, -0.1) is 0 Å². The van der Waals surface area contributed by atoms with Crippen LogP contribution >= 0.6 is 15.9 Å². The normalized spacial score (nSPS) is 18.1. The van der Waals surface area contributed by atoms with Crippen LogP contribution in [0, 0.1) is 12.8 Å². The molecule has 1 amide bonds. The van der Waals surface area contributed by atoms with Crippen molar-refractivity contribution >= 4 is 27.5 Å². The molecule has 1 saturated heterocycles. The van der Waals surface area contributed by atoms with Gasteiger partial charge in [0.25, 0.3) is 5.91 Å². The van der Waals surface area contributed by atoms with E-state index in [0.717, 1.165) is 28.2 Å². The predicted octanol–water partition coefficient (Wildman–Crippen LogP) is 5.24. The number of carbonyl (C=O) groups is 1. The highest BCUT2D eigenvalue weighted by Gasteiger charge is 2.16. The summed E-state index contributed by atoms with van der Waals surface area (Å²) in [6.45, 7) is 7.65. The molecule has 1 aliphatic heterocycles. The summed E-state index contributed by atoms with van der Waals surface area (Å²) in [5, 5.41) is 2.96. The van der Waals surface area contributed by atoms with Gasteiger partial charge in [-0.3, -0.25) is 9.69 Å². The molecular weight excluding hydrogens is 376 g/mol. The Morgan fingerprint density at radius 3 is 2.68 bits per heavy atom. The number of hydrogen-bond donors (Lipinski definition) is 1. The fourth-order valence-electron chi connectivity index (χ4n) is 3.38. The van der Waals surface area contributed by atoms with E-state index in [2.05, 4.69) is 45.2 Å². The van der Waals surface area contributed by atoms with Crippen molar-refractivity contribution in [2.45, 2.75) is 33.2 Å². The first-order valence-corrected chi connectivity index (χ1v) is 9.69. The van der Waals surface area contributed by atoms with E-state index < -0.39 is 0 Å². The van der Waals surface area contributed by atoms with Gasteiger partial charge in [0.2, 0.25) is 0 Å². The summed E-state index contributed by atoms with van der Waals surface area (Å²) in [4.78, 5) is 14.9. The number of piperidine rings is 1. The first kappa shape index (κ1) is 18.2. The Kier molecular flexibility index (Phi) is 5.92. The van der Waals surface area contributed by atoms with Crippen LogP contribution < -0.4 is 5.32 Å². The Morgan fingerprint density at radius 2 is 2.00 bits per heavy atom. The molecule has 1 unspecified atom stereocenters. The molecule has 1 fully saturated rings. The standard InChI is InChI=1S/C21H25BrN2O/c1-15-4-3-11-24(13-15)14-17-5-7-18(8-6-17)21(25)23-19-9-10-20(22)16(2)12-19/h5-10,12,15H,3-4,11,13-14H2,1-2H3,(H,23,25). The van der Waals surface area contributed by atoms with Gasteiger partial charge in [-0.25, -0.2) is 0 Å². The highest BCUT2D eigenvalue weighted by Crippen LogP contribution is 2.21. The summed E-state index contributed by atoms with van der Waals surface area (Å²) in [6, 6.07) is 13.8. The van der Waals surface area contributed by atoms with E-state index >= 15 is 0 Å². The second-order valence-electron chi connectivity index (χ2n) is 7.10. The molecule has 3 nitrogen and oxygen atoms in total. The topological polar surface area (TPSA) is 32.3 Å². The van der Waals surface area contributed by atoms with Gasteiger partial charge in [0.05, 0.1) is 0 Å². The van der Waals surface area contributed by atoms with E-state index in [0.29, 0.717) is 5.56 Å². The summed E-state index contributed by atoms with van der Waals surface area (Å²) in [5.41, 5.74) is 3.88. The summed E-state index contributed by atoms with van der Waals surface area (Å²) in [5.74, 6) is 0.716. The molecule has 3 rings (SSSR count). The van der Waals surface area contributed by atoms with Crippen LogP contribution in [0.3, 0.4) is 0 Å². The maximum absolute atomic E-state index is 12.4. The number of nitrogens with zero attached hydrogens (tertiary/aromatic N) is 1. The molecule has 1 heterocycles. The number of likely N-dealkylation sites (tertiary alicyclic amines) is 1. The molecule has 132 valence electrons. The number of anilines is 1. The number of benzene rings is 2. The number of rotatable bonds is 4. The van der Waals surface area contributed by atoms with Crippen LogP contribution in [0.15, 0.2) is 46.9 Å². The maximum atomic E-state index is 12.4. The van der Waals surface area contributed by atoms with Crippen molar-refractivity contribution in [3.05, 3.63) is 63.6 Å². The van der Waals surface area contributed by atoms with E-state index in [9.17, 15) is 4.79 Å². The van der Waals surface area contributed by atoms with E-state index in [1.807, 2.05) is 37.3 Å². The summed E-state index contributed by atoms with van der Waals surface area (Å²) >= 11 is 3.48. The van der Waals surface area contributed by atoms with Gasteiger partial charge in [-0.2, -0.15) is 0 Å². The second-order valence-corrected chi connectivity index (χ2v) is 7.95. The minimum atomic E-state index is -0.0696. The van der Waals surface area contributed by atoms with Crippen LogP contribution in [0.5, 0.6) is 0 Å². The lowest BCUT2D eigenvalue weighted by molar-refractivity contribution is 0.102. The molecule has 1 atom stereocenters. The Labute approximate surface area is 158 Å². The van der Waals surface area contributed by atoms with Crippen molar-refractivity contribution in [1.82, 2.24) is 4.90 Å². The van der Waals surface area contributed by atoms with E-state index in [1.165, 1.54) is 31.5 Å². The zero-order chi connectivity index (χ0) is 17.8. The molecular formula is C21H25BrN2O. The van der Waals surface area contributed by atoms with Crippen LogP contribution in [-0.2, 0) is 6.54 Å². The number of nitrogens with one attached hydrogen (secondary N) is 1. The molecule has 0 radical (unpaired) electrons. The van der Waals surface area contributed by atoms with Crippen molar-refractivity contribution in [2.75, 3.05) is 18.4 Å². The number of amides is 1. The summed E-state index contributed by atoms with van der Waals surface area (Å²) < 4.78 is 1.04. The maximum Gasteiger partial charge on any atom is 0.255 e. The lowest BCUT2D eigenvalue weighted by Crippen LogP contribution is -2.33. The quantitative estimate of drug-likeness (QED) is 0.760. The van der Waals surface area contributed by atoms with Gasteiger partial charge < -0.3 is 5.32 Å². The van der Waals surface area contributed by atoms with Crippen LogP contribution in [0.25, 0.3) is 0 Å². The third-order valence-electron chi connectivity index (χ3n) is 4.78. The predicted molar refractivity (Wildman–Crippen MR) is 107 cm³/mol. The van der Waals surface area contributed by atoms with E-state index in [-0.39, 0.29) is 5.91 Å². The largest absolute Gasteiger partial charge is 0.322 e. The molecule has 1 N–H and O–H groups in total. The summed E-state index contributed by atoms with van der Waals surface area (Å²) in [7, 11) is 0. The second kappa shape index (κ2) is 8.15. The third-order valence-corrected chi connectivity index (χ3v) is 5.67. The molecule has 0 saturated carbocycles. The van der Waals surface area contributed by atoms with Gasteiger partial charge in [0.1, 0.15) is 0 Å². The van der Waals surface area contributed by atoms with Crippen LogP contribution in [0.1, 0.15) is 41.3 Å². The Morgan fingerprint density at radius 1 is 1.24 bits per heavy atom. The van der Waals surface area contributed by atoms with Crippen molar-refractivity contribution in [1.29, 1.82) is 0 Å². The molecule has 0 spiro atoms. The molecule has 2 aromatic rings. The van der Waals surface area contributed by atoms with Crippen molar-refractivity contribution in [3.8, 4) is 0 Å². The monoisotopic (exact) mass is 400 g/mol. The number of halogens is 1. The number of hydrogen-bond acceptors (Lipinski definition) is 2. The first-order chi connectivity index (χ1) is 12.0. The Balaban J connectivity index is 1.61. The van der Waals surface area contributed by atoms with E-state index in [4.69, 9.17) is 0 Å². The van der Waals surface area contributed by atoms with Crippen LogP contribution in [0.4, 0.5) is 5.69 Å². The third kappa shape index (κ3) is 4.93. The molecule has 0 bridgehead atoms. The zero-order valence-corrected chi connectivity index (χ0v) is 16.5. The lowest BCUT2D eigenvalue weighted by atomic mass is 9.99. The number of aryl methyl sites for hydroxylation is 1. The molecule has 2 aromatic carbocycles. The summed E-state index contributed by atoms with van der Waals surface area (Å²) in [6.07, 6.45) is 2.62.